The second kappa shape index (κ2) is 5.80. The van der Waals surface area contributed by atoms with Crippen LogP contribution in [0.2, 0.25) is 0 Å². The second-order valence-corrected chi connectivity index (χ2v) is 3.52. The van der Waals surface area contributed by atoms with Gasteiger partial charge < -0.3 is 0 Å². The molecule has 0 aromatic rings. The molecule has 1 rings (SSSR count). The van der Waals surface area contributed by atoms with Crippen LogP contribution in [0.4, 0.5) is 0 Å². The summed E-state index contributed by atoms with van der Waals surface area (Å²) in [6.07, 6.45) is 15.3. The van der Waals surface area contributed by atoms with Crippen LogP contribution in [0.5, 0.6) is 0 Å². The Morgan fingerprint density at radius 2 is 1.85 bits per heavy atom. The van der Waals surface area contributed by atoms with Gasteiger partial charge in [0.15, 0.2) is 0 Å². The second-order valence-electron chi connectivity index (χ2n) is 3.52. The van der Waals surface area contributed by atoms with Crippen molar-refractivity contribution in [1.29, 1.82) is 0 Å². The molecule has 0 heteroatoms. The lowest BCUT2D eigenvalue weighted by Gasteiger charge is -1.97. The lowest BCUT2D eigenvalue weighted by molar-refractivity contribution is 0.930. The van der Waals surface area contributed by atoms with E-state index >= 15 is 0 Å². The molecular formula is C13H20. The van der Waals surface area contributed by atoms with Gasteiger partial charge in [-0.3, -0.25) is 0 Å². The molecule has 0 spiro atoms. The molecule has 0 saturated heterocycles. The molecule has 0 aromatic heterocycles. The van der Waals surface area contributed by atoms with Crippen LogP contribution in [0, 0.1) is 0 Å². The Morgan fingerprint density at radius 1 is 1.08 bits per heavy atom. The molecule has 72 valence electrons. The monoisotopic (exact) mass is 176 g/mol. The molecule has 0 heterocycles. The van der Waals surface area contributed by atoms with Crippen LogP contribution in [0.25, 0.3) is 0 Å². The molecule has 0 amide bonds. The predicted molar refractivity (Wildman–Crippen MR) is 59.7 cm³/mol. The highest BCUT2D eigenvalue weighted by Crippen LogP contribution is 2.30. The maximum absolute atomic E-state index is 2.37. The largest absolute Gasteiger partial charge is 0.0848 e. The van der Waals surface area contributed by atoms with Gasteiger partial charge in [-0.15, -0.1) is 0 Å². The minimum absolute atomic E-state index is 1.14. The molecule has 13 heavy (non-hydrogen) atoms. The Labute approximate surface area is 82.0 Å². The quantitative estimate of drug-likeness (QED) is 0.598. The van der Waals surface area contributed by atoms with Gasteiger partial charge in [0.05, 0.1) is 0 Å². The van der Waals surface area contributed by atoms with Gasteiger partial charge in [0.25, 0.3) is 0 Å². The summed E-state index contributed by atoms with van der Waals surface area (Å²) >= 11 is 0. The summed E-state index contributed by atoms with van der Waals surface area (Å²) in [5.74, 6) is 0. The van der Waals surface area contributed by atoms with E-state index in [1.165, 1.54) is 25.7 Å². The van der Waals surface area contributed by atoms with E-state index in [2.05, 4.69) is 38.2 Å². The highest BCUT2D eigenvalue weighted by atomic mass is 14.2. The Kier molecular flexibility index (Phi) is 4.59. The number of allylic oxidation sites excluding steroid dienone is 6. The fraction of sp³-hybridized carbons (Fsp3) is 0.538. The van der Waals surface area contributed by atoms with Crippen molar-refractivity contribution in [3.63, 3.8) is 0 Å². The third kappa shape index (κ3) is 3.22. The van der Waals surface area contributed by atoms with Gasteiger partial charge in [0.1, 0.15) is 0 Å². The Balaban J connectivity index is 2.62. The molecule has 0 bridgehead atoms. The zero-order chi connectivity index (χ0) is 9.52. The summed E-state index contributed by atoms with van der Waals surface area (Å²) in [4.78, 5) is 0. The van der Waals surface area contributed by atoms with Crippen molar-refractivity contribution < 1.29 is 0 Å². The number of hydrogen-bond donors (Lipinski definition) is 0. The van der Waals surface area contributed by atoms with Crippen molar-refractivity contribution >= 4 is 0 Å². The van der Waals surface area contributed by atoms with Crippen molar-refractivity contribution in [3.05, 3.63) is 35.5 Å². The lowest BCUT2D eigenvalue weighted by Crippen LogP contribution is -1.77. The summed E-state index contributed by atoms with van der Waals surface area (Å²) in [7, 11) is 0. The molecule has 0 aliphatic heterocycles. The number of rotatable bonds is 3. The summed E-state index contributed by atoms with van der Waals surface area (Å²) in [5.41, 5.74) is 3.15. The first kappa shape index (κ1) is 10.3. The average molecular weight is 176 g/mol. The van der Waals surface area contributed by atoms with Crippen molar-refractivity contribution in [1.82, 2.24) is 0 Å². The van der Waals surface area contributed by atoms with E-state index in [1.54, 1.807) is 11.1 Å². The molecule has 0 N–H and O–H groups in total. The van der Waals surface area contributed by atoms with E-state index in [4.69, 9.17) is 0 Å². The fourth-order valence-corrected chi connectivity index (χ4v) is 1.78. The SMILES string of the molecule is CC\C=C/C=C1/CCC/C1=C/CC. The normalized spacial score (nSPS) is 23.8. The number of hydrogen-bond acceptors (Lipinski definition) is 0. The van der Waals surface area contributed by atoms with Crippen LogP contribution < -0.4 is 0 Å². The lowest BCUT2D eigenvalue weighted by atomic mass is 10.1. The van der Waals surface area contributed by atoms with Gasteiger partial charge in [0, 0.05) is 0 Å². The average Bonchev–Trinajstić information content (AvgIpc) is 2.54. The van der Waals surface area contributed by atoms with Gasteiger partial charge in [0.2, 0.25) is 0 Å². The minimum Gasteiger partial charge on any atom is -0.0848 e. The standard InChI is InChI=1S/C13H20/c1-3-5-6-9-13-11-7-10-12(13)8-4-2/h5-6,8-9H,3-4,7,10-11H2,1-2H3/b6-5-,12-8-,13-9-. The third-order valence-corrected chi connectivity index (χ3v) is 2.42. The first-order valence-corrected chi connectivity index (χ1v) is 5.43. The smallest absolute Gasteiger partial charge is 0.0273 e. The highest BCUT2D eigenvalue weighted by molar-refractivity contribution is 5.37. The first-order chi connectivity index (χ1) is 6.38. The molecule has 1 saturated carbocycles. The summed E-state index contributed by atoms with van der Waals surface area (Å²) in [6, 6.07) is 0. The van der Waals surface area contributed by atoms with E-state index in [1.807, 2.05) is 0 Å². The molecule has 1 fully saturated rings. The van der Waals surface area contributed by atoms with Crippen LogP contribution in [-0.4, -0.2) is 0 Å². The van der Waals surface area contributed by atoms with Crippen LogP contribution in [0.1, 0.15) is 46.0 Å². The highest BCUT2D eigenvalue weighted by Gasteiger charge is 2.11. The van der Waals surface area contributed by atoms with Gasteiger partial charge in [-0.2, -0.15) is 0 Å². The topological polar surface area (TPSA) is 0 Å². The summed E-state index contributed by atoms with van der Waals surface area (Å²) < 4.78 is 0. The molecular weight excluding hydrogens is 156 g/mol. The van der Waals surface area contributed by atoms with Gasteiger partial charge in [-0.25, -0.2) is 0 Å². The molecule has 0 unspecified atom stereocenters. The van der Waals surface area contributed by atoms with Crippen molar-refractivity contribution in [3.8, 4) is 0 Å². The maximum atomic E-state index is 2.37. The van der Waals surface area contributed by atoms with Crippen LogP contribution in [-0.2, 0) is 0 Å². The minimum atomic E-state index is 1.14. The molecule has 0 nitrogen and oxygen atoms in total. The van der Waals surface area contributed by atoms with Crippen molar-refractivity contribution in [2.24, 2.45) is 0 Å². The fourth-order valence-electron chi connectivity index (χ4n) is 1.78. The van der Waals surface area contributed by atoms with E-state index in [9.17, 15) is 0 Å². The Morgan fingerprint density at radius 3 is 2.54 bits per heavy atom. The van der Waals surface area contributed by atoms with E-state index < -0.39 is 0 Å². The summed E-state index contributed by atoms with van der Waals surface area (Å²) in [5, 5.41) is 0. The Bertz CT molecular complexity index is 228. The van der Waals surface area contributed by atoms with E-state index in [0.29, 0.717) is 0 Å². The van der Waals surface area contributed by atoms with Gasteiger partial charge in [-0.1, -0.05) is 38.2 Å². The molecule has 1 aliphatic carbocycles. The Hall–Kier alpha value is -0.780. The van der Waals surface area contributed by atoms with E-state index in [-0.39, 0.29) is 0 Å². The van der Waals surface area contributed by atoms with E-state index in [0.717, 1.165) is 6.42 Å². The molecule has 0 atom stereocenters. The zero-order valence-corrected chi connectivity index (χ0v) is 8.84. The van der Waals surface area contributed by atoms with Crippen molar-refractivity contribution in [2.75, 3.05) is 0 Å². The first-order valence-electron chi connectivity index (χ1n) is 5.43. The molecule has 0 aromatic carbocycles. The third-order valence-electron chi connectivity index (χ3n) is 2.42. The maximum Gasteiger partial charge on any atom is -0.0273 e. The molecule has 0 radical (unpaired) electrons. The van der Waals surface area contributed by atoms with Gasteiger partial charge in [-0.05, 0) is 43.3 Å². The van der Waals surface area contributed by atoms with Crippen molar-refractivity contribution in [2.45, 2.75) is 46.0 Å². The molecule has 1 aliphatic rings. The van der Waals surface area contributed by atoms with Crippen LogP contribution in [0.3, 0.4) is 0 Å². The van der Waals surface area contributed by atoms with Gasteiger partial charge >= 0.3 is 0 Å². The van der Waals surface area contributed by atoms with Crippen LogP contribution >= 0.6 is 0 Å². The zero-order valence-electron chi connectivity index (χ0n) is 8.84. The predicted octanol–water partition coefficient (Wildman–Crippen LogP) is 4.40. The van der Waals surface area contributed by atoms with Crippen LogP contribution in [0.15, 0.2) is 35.5 Å². The summed E-state index contributed by atoms with van der Waals surface area (Å²) in [6.45, 7) is 4.39.